The number of para-hydroxylation sites is 2. The van der Waals surface area contributed by atoms with Crippen molar-refractivity contribution in [2.24, 2.45) is 0 Å². The summed E-state index contributed by atoms with van der Waals surface area (Å²) in [7, 11) is 0. The van der Waals surface area contributed by atoms with Crippen LogP contribution in [0.25, 0.3) is 5.69 Å². The SMILES string of the molecule is CCOc1ccccc1NC(=O)c1cnn(-c2cccc(C)c2)c1C1CCN(C(=O)OC(C)(C)C)CC1. The molecule has 196 valence electrons. The number of anilines is 1. The van der Waals surface area contributed by atoms with Crippen LogP contribution in [0.3, 0.4) is 0 Å². The molecular formula is C29H36N4O4. The van der Waals surface area contributed by atoms with Gasteiger partial charge in [0.15, 0.2) is 0 Å². The van der Waals surface area contributed by atoms with E-state index in [4.69, 9.17) is 9.47 Å². The molecule has 0 unspecified atom stereocenters. The van der Waals surface area contributed by atoms with E-state index in [0.717, 1.165) is 16.9 Å². The highest BCUT2D eigenvalue weighted by atomic mass is 16.6. The number of rotatable bonds is 6. The predicted octanol–water partition coefficient (Wildman–Crippen LogP) is 5.95. The van der Waals surface area contributed by atoms with Gasteiger partial charge < -0.3 is 19.7 Å². The van der Waals surface area contributed by atoms with Crippen LogP contribution in [0.15, 0.2) is 54.7 Å². The van der Waals surface area contributed by atoms with Crippen molar-refractivity contribution in [2.45, 2.75) is 59.0 Å². The molecule has 2 aromatic carbocycles. The maximum atomic E-state index is 13.6. The maximum Gasteiger partial charge on any atom is 0.410 e. The normalized spacial score (nSPS) is 14.4. The molecule has 37 heavy (non-hydrogen) atoms. The molecule has 2 amide bonds. The van der Waals surface area contributed by atoms with Gasteiger partial charge in [-0.1, -0.05) is 24.3 Å². The zero-order valence-corrected chi connectivity index (χ0v) is 22.3. The summed E-state index contributed by atoms with van der Waals surface area (Å²) in [5.41, 5.74) is 3.45. The summed E-state index contributed by atoms with van der Waals surface area (Å²) in [5, 5.41) is 7.66. The minimum Gasteiger partial charge on any atom is -0.492 e. The first-order chi connectivity index (χ1) is 17.7. The standard InChI is InChI=1S/C29H36N4O4/c1-6-36-25-13-8-7-12-24(25)31-27(34)23-19-30-33(22-11-9-10-20(2)18-22)26(23)21-14-16-32(17-15-21)28(35)37-29(3,4)5/h7-13,18-19,21H,6,14-17H2,1-5H3,(H,31,34). The zero-order valence-electron chi connectivity index (χ0n) is 22.3. The molecule has 1 aliphatic rings. The van der Waals surface area contributed by atoms with Gasteiger partial charge in [-0.05, 0) is 77.3 Å². The van der Waals surface area contributed by atoms with Crippen LogP contribution in [0.1, 0.15) is 68.1 Å². The molecule has 0 radical (unpaired) electrons. The number of nitrogens with zero attached hydrogens (tertiary/aromatic N) is 3. The van der Waals surface area contributed by atoms with Gasteiger partial charge in [0.05, 0.1) is 35.4 Å². The Kier molecular flexibility index (Phi) is 7.86. The number of hydrogen-bond acceptors (Lipinski definition) is 5. The Labute approximate surface area is 218 Å². The second kappa shape index (κ2) is 11.1. The zero-order chi connectivity index (χ0) is 26.6. The number of amides is 2. The minimum atomic E-state index is -0.541. The third kappa shape index (κ3) is 6.31. The van der Waals surface area contributed by atoms with Crippen molar-refractivity contribution >= 4 is 17.7 Å². The first-order valence-electron chi connectivity index (χ1n) is 12.8. The molecule has 2 heterocycles. The van der Waals surface area contributed by atoms with E-state index in [2.05, 4.69) is 16.5 Å². The lowest BCUT2D eigenvalue weighted by Crippen LogP contribution is -2.41. The van der Waals surface area contributed by atoms with Crippen LogP contribution < -0.4 is 10.1 Å². The monoisotopic (exact) mass is 504 g/mol. The number of carbonyl (C=O) groups excluding carboxylic acids is 2. The van der Waals surface area contributed by atoms with Crippen LogP contribution in [0.4, 0.5) is 10.5 Å². The number of aromatic nitrogens is 2. The van der Waals surface area contributed by atoms with E-state index in [1.165, 1.54) is 0 Å². The Morgan fingerprint density at radius 1 is 1.08 bits per heavy atom. The molecule has 0 atom stereocenters. The van der Waals surface area contributed by atoms with E-state index in [0.29, 0.717) is 49.5 Å². The quantitative estimate of drug-likeness (QED) is 0.449. The molecule has 0 saturated carbocycles. The summed E-state index contributed by atoms with van der Waals surface area (Å²) in [4.78, 5) is 27.9. The fraction of sp³-hybridized carbons (Fsp3) is 0.414. The number of likely N-dealkylation sites (tertiary alicyclic amines) is 1. The highest BCUT2D eigenvalue weighted by Gasteiger charge is 2.32. The van der Waals surface area contributed by atoms with Crippen molar-refractivity contribution in [1.82, 2.24) is 14.7 Å². The second-order valence-electron chi connectivity index (χ2n) is 10.3. The molecule has 1 saturated heterocycles. The highest BCUT2D eigenvalue weighted by molar-refractivity contribution is 6.06. The molecule has 0 spiro atoms. The average Bonchev–Trinajstić information content (AvgIpc) is 3.30. The number of hydrogen-bond donors (Lipinski definition) is 1. The van der Waals surface area contributed by atoms with Crippen LogP contribution in [0.5, 0.6) is 5.75 Å². The first kappa shape index (κ1) is 26.3. The smallest absolute Gasteiger partial charge is 0.410 e. The van der Waals surface area contributed by atoms with Crippen molar-refractivity contribution < 1.29 is 19.1 Å². The third-order valence-corrected chi connectivity index (χ3v) is 6.27. The largest absolute Gasteiger partial charge is 0.492 e. The Hall–Kier alpha value is -3.81. The van der Waals surface area contributed by atoms with E-state index in [-0.39, 0.29) is 17.9 Å². The van der Waals surface area contributed by atoms with Gasteiger partial charge in [-0.15, -0.1) is 0 Å². The van der Waals surface area contributed by atoms with Gasteiger partial charge >= 0.3 is 6.09 Å². The Balaban J connectivity index is 1.63. The lowest BCUT2D eigenvalue weighted by atomic mass is 9.90. The van der Waals surface area contributed by atoms with Gasteiger partial charge in [0.1, 0.15) is 11.4 Å². The summed E-state index contributed by atoms with van der Waals surface area (Å²) in [6, 6.07) is 15.5. The molecule has 1 fully saturated rings. The predicted molar refractivity (Wildman–Crippen MR) is 144 cm³/mol. The molecule has 1 N–H and O–H groups in total. The van der Waals surface area contributed by atoms with E-state index in [1.54, 1.807) is 11.1 Å². The second-order valence-corrected chi connectivity index (χ2v) is 10.3. The number of piperidine rings is 1. The van der Waals surface area contributed by atoms with Gasteiger partial charge in [0.25, 0.3) is 5.91 Å². The van der Waals surface area contributed by atoms with Crippen LogP contribution in [0, 0.1) is 6.92 Å². The fourth-order valence-corrected chi connectivity index (χ4v) is 4.59. The van der Waals surface area contributed by atoms with E-state index in [9.17, 15) is 9.59 Å². The fourth-order valence-electron chi connectivity index (χ4n) is 4.59. The topological polar surface area (TPSA) is 85.7 Å². The number of nitrogens with one attached hydrogen (secondary N) is 1. The van der Waals surface area contributed by atoms with Crippen LogP contribution in [0.2, 0.25) is 0 Å². The summed E-state index contributed by atoms with van der Waals surface area (Å²) in [6.45, 7) is 11.1. The Morgan fingerprint density at radius 3 is 2.49 bits per heavy atom. The average molecular weight is 505 g/mol. The number of aryl methyl sites for hydroxylation is 1. The Morgan fingerprint density at radius 2 is 1.81 bits per heavy atom. The molecule has 0 bridgehead atoms. The number of ether oxygens (including phenoxy) is 2. The molecular weight excluding hydrogens is 468 g/mol. The summed E-state index contributed by atoms with van der Waals surface area (Å²) < 4.78 is 13.1. The van der Waals surface area contributed by atoms with Crippen molar-refractivity contribution in [1.29, 1.82) is 0 Å². The summed E-state index contributed by atoms with van der Waals surface area (Å²) >= 11 is 0. The molecule has 1 aliphatic heterocycles. The molecule has 0 aliphatic carbocycles. The van der Waals surface area contributed by atoms with Crippen LogP contribution in [-0.4, -0.2) is 52.0 Å². The van der Waals surface area contributed by atoms with Crippen LogP contribution in [-0.2, 0) is 4.74 Å². The molecule has 3 aromatic rings. The van der Waals surface area contributed by atoms with E-state index in [1.807, 2.05) is 81.8 Å². The maximum absolute atomic E-state index is 13.6. The molecule has 8 nitrogen and oxygen atoms in total. The lowest BCUT2D eigenvalue weighted by Gasteiger charge is -2.34. The first-order valence-corrected chi connectivity index (χ1v) is 12.8. The number of benzene rings is 2. The summed E-state index contributed by atoms with van der Waals surface area (Å²) in [6.07, 6.45) is 2.74. The molecule has 4 rings (SSSR count). The highest BCUT2D eigenvalue weighted by Crippen LogP contribution is 2.34. The van der Waals surface area contributed by atoms with Gasteiger partial charge in [0, 0.05) is 19.0 Å². The van der Waals surface area contributed by atoms with Gasteiger partial charge in [0.2, 0.25) is 0 Å². The van der Waals surface area contributed by atoms with Crippen molar-refractivity contribution in [3.63, 3.8) is 0 Å². The lowest BCUT2D eigenvalue weighted by molar-refractivity contribution is 0.0203. The molecule has 8 heteroatoms. The van der Waals surface area contributed by atoms with E-state index < -0.39 is 5.60 Å². The summed E-state index contributed by atoms with van der Waals surface area (Å²) in [5.74, 6) is 0.428. The van der Waals surface area contributed by atoms with Crippen molar-refractivity contribution in [2.75, 3.05) is 25.0 Å². The van der Waals surface area contributed by atoms with Gasteiger partial charge in [-0.25, -0.2) is 9.48 Å². The van der Waals surface area contributed by atoms with Crippen molar-refractivity contribution in [3.8, 4) is 11.4 Å². The minimum absolute atomic E-state index is 0.0459. The third-order valence-electron chi connectivity index (χ3n) is 6.27. The molecule has 1 aromatic heterocycles. The van der Waals surface area contributed by atoms with Crippen LogP contribution >= 0.6 is 0 Å². The van der Waals surface area contributed by atoms with Gasteiger partial charge in [-0.3, -0.25) is 4.79 Å². The Bertz CT molecular complexity index is 1250. The number of carbonyl (C=O) groups is 2. The van der Waals surface area contributed by atoms with Gasteiger partial charge in [-0.2, -0.15) is 5.10 Å². The van der Waals surface area contributed by atoms with Crippen molar-refractivity contribution in [3.05, 3.63) is 71.5 Å². The van der Waals surface area contributed by atoms with E-state index >= 15 is 0 Å².